The Kier molecular flexibility index (Phi) is 2.43. The summed E-state index contributed by atoms with van der Waals surface area (Å²) in [7, 11) is -5.85. The number of carbonyl (C=O) groups excluding carboxylic acids is 2. The number of hydrogen-bond acceptors (Lipinski definition) is 5. The molecule has 4 aliphatic carbocycles. The third-order valence-corrected chi connectivity index (χ3v) is 7.15. The van der Waals surface area contributed by atoms with E-state index in [9.17, 15) is 26.8 Å². The van der Waals surface area contributed by atoms with Crippen molar-refractivity contribution in [2.24, 2.45) is 28.6 Å². The molecule has 1 N–H and O–H groups in total. The first kappa shape index (κ1) is 14.5. The molecule has 0 aromatic carbocycles. The van der Waals surface area contributed by atoms with Gasteiger partial charge in [-0.3, -0.25) is 9.35 Å². The molecule has 1 spiro atoms. The van der Waals surface area contributed by atoms with Crippen LogP contribution in [-0.2, 0) is 24.4 Å². The van der Waals surface area contributed by atoms with Crippen LogP contribution >= 0.6 is 0 Å². The first-order valence-electron chi connectivity index (χ1n) is 7.09. The SMILES string of the molecule is O=C1C2CC3CC4(COC(=O)C(F)(F)S(=O)(=O)O)CC1C32C4. The monoisotopic (exact) mass is 336 g/mol. The van der Waals surface area contributed by atoms with Crippen LogP contribution in [0, 0.1) is 28.6 Å². The highest BCUT2D eigenvalue weighted by atomic mass is 32.2. The van der Waals surface area contributed by atoms with Gasteiger partial charge < -0.3 is 4.74 Å². The topological polar surface area (TPSA) is 97.7 Å². The molecule has 6 nitrogen and oxygen atoms in total. The second-order valence-electron chi connectivity index (χ2n) is 7.21. The molecular weight excluding hydrogens is 322 g/mol. The number of ketones is 1. The van der Waals surface area contributed by atoms with Crippen LogP contribution in [0.5, 0.6) is 0 Å². The fourth-order valence-electron chi connectivity index (χ4n) is 5.53. The van der Waals surface area contributed by atoms with E-state index >= 15 is 0 Å². The number of carbonyl (C=O) groups is 2. The maximum Gasteiger partial charge on any atom is 0.465 e. The quantitative estimate of drug-likeness (QED) is 0.608. The fourth-order valence-corrected chi connectivity index (χ4v) is 5.80. The standard InChI is InChI=1S/C13H14F2O6S/c14-13(15,22(18,19)20)10(17)21-5-11-2-6-1-7-9(16)8(3-11)12(6,7)4-11/h6-8H,1-5H2,(H,18,19,20). The number of halogens is 2. The number of fused-ring (bicyclic) bond motifs is 1. The summed E-state index contributed by atoms with van der Waals surface area (Å²) in [5.41, 5.74) is -0.504. The number of alkyl halides is 2. The minimum absolute atomic E-state index is 0.00490. The minimum Gasteiger partial charge on any atom is -0.460 e. The van der Waals surface area contributed by atoms with E-state index in [0.29, 0.717) is 18.8 Å². The molecule has 4 rings (SSSR count). The van der Waals surface area contributed by atoms with Crippen LogP contribution in [0.3, 0.4) is 0 Å². The summed E-state index contributed by atoms with van der Waals surface area (Å²) in [6.07, 6.45) is 2.74. The van der Waals surface area contributed by atoms with Crippen molar-refractivity contribution < 1.29 is 36.1 Å². The van der Waals surface area contributed by atoms with Gasteiger partial charge in [-0.2, -0.15) is 17.2 Å². The minimum atomic E-state index is -5.85. The highest BCUT2D eigenvalue weighted by Gasteiger charge is 2.81. The summed E-state index contributed by atoms with van der Waals surface area (Å²) in [5, 5.41) is -4.96. The van der Waals surface area contributed by atoms with E-state index in [1.807, 2.05) is 0 Å². The van der Waals surface area contributed by atoms with Gasteiger partial charge in [0.15, 0.2) is 0 Å². The molecule has 9 heteroatoms. The first-order valence-corrected chi connectivity index (χ1v) is 8.53. The molecule has 0 aromatic heterocycles. The van der Waals surface area contributed by atoms with Crippen molar-refractivity contribution in [2.45, 2.75) is 30.9 Å². The summed E-state index contributed by atoms with van der Waals surface area (Å²) >= 11 is 0. The third-order valence-electron chi connectivity index (χ3n) is 6.33. The predicted molar refractivity (Wildman–Crippen MR) is 66.3 cm³/mol. The molecule has 122 valence electrons. The van der Waals surface area contributed by atoms with Gasteiger partial charge in [-0.15, -0.1) is 0 Å². The Labute approximate surface area is 124 Å². The average molecular weight is 336 g/mol. The molecule has 0 aromatic rings. The van der Waals surface area contributed by atoms with Crippen LogP contribution in [0.25, 0.3) is 0 Å². The lowest BCUT2D eigenvalue weighted by Crippen LogP contribution is -2.66. The maximum absolute atomic E-state index is 13.2. The third kappa shape index (κ3) is 1.40. The van der Waals surface area contributed by atoms with Gasteiger partial charge in [0.05, 0.1) is 6.61 Å². The Bertz CT molecular complexity index is 703. The predicted octanol–water partition coefficient (Wildman–Crippen LogP) is 1.02. The van der Waals surface area contributed by atoms with Crippen LogP contribution in [0.15, 0.2) is 0 Å². The fraction of sp³-hybridized carbons (Fsp3) is 0.846. The number of rotatable bonds is 4. The average Bonchev–Trinajstić information content (AvgIpc) is 2.87. The zero-order chi connectivity index (χ0) is 16.1. The van der Waals surface area contributed by atoms with Crippen molar-refractivity contribution in [1.82, 2.24) is 0 Å². The lowest BCUT2D eigenvalue weighted by molar-refractivity contribution is -0.190. The van der Waals surface area contributed by atoms with Crippen LogP contribution < -0.4 is 0 Å². The summed E-state index contributed by atoms with van der Waals surface area (Å²) in [6.45, 7) is -0.328. The van der Waals surface area contributed by atoms with Crippen molar-refractivity contribution in [2.75, 3.05) is 6.61 Å². The van der Waals surface area contributed by atoms with E-state index in [1.54, 1.807) is 0 Å². The molecule has 0 amide bonds. The van der Waals surface area contributed by atoms with E-state index in [1.165, 1.54) is 0 Å². The van der Waals surface area contributed by atoms with E-state index in [2.05, 4.69) is 4.74 Å². The molecule has 0 aliphatic heterocycles. The first-order chi connectivity index (χ1) is 10.0. The van der Waals surface area contributed by atoms with Crippen LogP contribution in [0.4, 0.5) is 8.78 Å². The Hall–Kier alpha value is -1.09. The second kappa shape index (κ2) is 3.69. The van der Waals surface area contributed by atoms with Crippen LogP contribution in [0.2, 0.25) is 0 Å². The van der Waals surface area contributed by atoms with E-state index in [-0.39, 0.29) is 29.6 Å². The molecular formula is C13H14F2O6S. The van der Waals surface area contributed by atoms with Crippen molar-refractivity contribution >= 4 is 21.9 Å². The normalized spacial score (nSPS) is 45.0. The second-order valence-corrected chi connectivity index (χ2v) is 8.67. The van der Waals surface area contributed by atoms with Gasteiger partial charge >= 0.3 is 21.3 Å². The van der Waals surface area contributed by atoms with Crippen molar-refractivity contribution in [3.63, 3.8) is 0 Å². The molecule has 22 heavy (non-hydrogen) atoms. The summed E-state index contributed by atoms with van der Waals surface area (Å²) in [4.78, 5) is 23.2. The smallest absolute Gasteiger partial charge is 0.460 e. The Morgan fingerprint density at radius 1 is 1.36 bits per heavy atom. The number of hydrogen-bond donors (Lipinski definition) is 1. The molecule has 0 heterocycles. The van der Waals surface area contributed by atoms with Gasteiger partial charge in [-0.05, 0) is 37.0 Å². The van der Waals surface area contributed by atoms with Gasteiger partial charge in [0.25, 0.3) is 0 Å². The highest BCUT2D eigenvalue weighted by molar-refractivity contribution is 7.87. The van der Waals surface area contributed by atoms with Gasteiger partial charge in [0.1, 0.15) is 5.78 Å². The largest absolute Gasteiger partial charge is 0.465 e. The van der Waals surface area contributed by atoms with Crippen molar-refractivity contribution in [3.05, 3.63) is 0 Å². The van der Waals surface area contributed by atoms with E-state index < -0.39 is 26.8 Å². The summed E-state index contributed by atoms with van der Waals surface area (Å²) in [5.74, 6) is -1.61. The Balaban J connectivity index is 1.48. The van der Waals surface area contributed by atoms with Crippen molar-refractivity contribution in [3.8, 4) is 0 Å². The van der Waals surface area contributed by atoms with Gasteiger partial charge in [0, 0.05) is 17.3 Å². The number of ether oxygens (including phenoxy) is 1. The van der Waals surface area contributed by atoms with Crippen LogP contribution in [-0.4, -0.2) is 36.6 Å². The van der Waals surface area contributed by atoms with Gasteiger partial charge in [0.2, 0.25) is 0 Å². The molecule has 4 aliphatic rings. The van der Waals surface area contributed by atoms with Crippen LogP contribution in [0.1, 0.15) is 25.7 Å². The molecule has 0 radical (unpaired) electrons. The molecule has 4 saturated carbocycles. The molecule has 5 atom stereocenters. The highest BCUT2D eigenvalue weighted by Crippen LogP contribution is 2.83. The summed E-state index contributed by atoms with van der Waals surface area (Å²) in [6, 6.07) is 0. The van der Waals surface area contributed by atoms with Gasteiger partial charge in [-0.25, -0.2) is 4.79 Å². The van der Waals surface area contributed by atoms with Gasteiger partial charge in [-0.1, -0.05) is 0 Å². The summed E-state index contributed by atoms with van der Waals surface area (Å²) < 4.78 is 60.3. The van der Waals surface area contributed by atoms with E-state index in [0.717, 1.165) is 12.8 Å². The maximum atomic E-state index is 13.2. The molecule has 5 unspecified atom stereocenters. The molecule has 4 fully saturated rings. The number of esters is 1. The lowest BCUT2D eigenvalue weighted by atomic mass is 9.38. The number of Topliss-reactive ketones (excluding diaryl/α,β-unsaturated/α-hetero) is 1. The molecule has 2 bridgehead atoms. The zero-order valence-corrected chi connectivity index (χ0v) is 12.2. The molecule has 0 saturated heterocycles. The Morgan fingerprint density at radius 2 is 2.05 bits per heavy atom. The Morgan fingerprint density at radius 3 is 2.64 bits per heavy atom. The van der Waals surface area contributed by atoms with Crippen molar-refractivity contribution in [1.29, 1.82) is 0 Å². The lowest BCUT2D eigenvalue weighted by Gasteiger charge is -2.64. The van der Waals surface area contributed by atoms with E-state index in [4.69, 9.17) is 4.55 Å². The zero-order valence-electron chi connectivity index (χ0n) is 11.4.